The molecule has 0 bridgehead atoms. The van der Waals surface area contributed by atoms with Gasteiger partial charge in [-0.15, -0.1) is 0 Å². The lowest BCUT2D eigenvalue weighted by Gasteiger charge is -2.10. The summed E-state index contributed by atoms with van der Waals surface area (Å²) in [5.74, 6) is 0. The van der Waals surface area contributed by atoms with E-state index in [0.717, 1.165) is 20.5 Å². The van der Waals surface area contributed by atoms with Gasteiger partial charge >= 0.3 is 0 Å². The first kappa shape index (κ1) is 12.5. The Morgan fingerprint density at radius 1 is 1.06 bits per heavy atom. The molecule has 2 aromatic carbocycles. The quantitative estimate of drug-likeness (QED) is 0.814. The molecule has 0 aliphatic heterocycles. The third-order valence-electron chi connectivity index (χ3n) is 2.69. The molecule has 1 atom stereocenters. The fourth-order valence-corrected chi connectivity index (χ4v) is 2.94. The standard InChI is InChI=1S/C14H13BrOS/c1-10-5-3-4-6-12(10)13-9-11(15)7-8-14(13)17(2)16/h3-9H,1-2H3. The number of benzene rings is 2. The Balaban J connectivity index is 2.70. The zero-order valence-electron chi connectivity index (χ0n) is 9.74. The highest BCUT2D eigenvalue weighted by molar-refractivity contribution is 9.10. The second kappa shape index (κ2) is 5.15. The molecule has 2 aromatic rings. The fourth-order valence-electron chi connectivity index (χ4n) is 1.84. The molecule has 17 heavy (non-hydrogen) atoms. The molecule has 1 nitrogen and oxygen atoms in total. The predicted octanol–water partition coefficient (Wildman–Crippen LogP) is 4.16. The molecule has 0 amide bonds. The SMILES string of the molecule is Cc1ccccc1-c1cc(Br)ccc1S(C)=O. The summed E-state index contributed by atoms with van der Waals surface area (Å²) in [6.07, 6.45) is 1.71. The third kappa shape index (κ3) is 2.67. The first-order chi connectivity index (χ1) is 8.09. The van der Waals surface area contributed by atoms with Crippen LogP contribution < -0.4 is 0 Å². The van der Waals surface area contributed by atoms with Gasteiger partial charge in [-0.25, -0.2) is 0 Å². The largest absolute Gasteiger partial charge is 0.255 e. The van der Waals surface area contributed by atoms with Crippen LogP contribution in [0.15, 0.2) is 51.8 Å². The van der Waals surface area contributed by atoms with Crippen LogP contribution in [0.25, 0.3) is 11.1 Å². The first-order valence-electron chi connectivity index (χ1n) is 5.28. The van der Waals surface area contributed by atoms with Crippen LogP contribution in [0.4, 0.5) is 0 Å². The molecule has 0 radical (unpaired) electrons. The number of halogens is 1. The van der Waals surface area contributed by atoms with Gasteiger partial charge in [0.1, 0.15) is 0 Å². The van der Waals surface area contributed by atoms with E-state index in [9.17, 15) is 4.21 Å². The van der Waals surface area contributed by atoms with Crippen LogP contribution in [-0.2, 0) is 10.8 Å². The molecule has 0 heterocycles. The van der Waals surface area contributed by atoms with Gasteiger partial charge in [-0.1, -0.05) is 40.2 Å². The molecule has 1 unspecified atom stereocenters. The van der Waals surface area contributed by atoms with Crippen LogP contribution in [0, 0.1) is 6.92 Å². The Morgan fingerprint density at radius 3 is 2.41 bits per heavy atom. The average Bonchev–Trinajstić information content (AvgIpc) is 2.29. The van der Waals surface area contributed by atoms with Crippen molar-refractivity contribution in [1.82, 2.24) is 0 Å². The normalized spacial score (nSPS) is 12.4. The molecule has 3 heteroatoms. The van der Waals surface area contributed by atoms with Crippen LogP contribution in [0.1, 0.15) is 5.56 Å². The molecule has 0 saturated heterocycles. The van der Waals surface area contributed by atoms with E-state index in [4.69, 9.17) is 0 Å². The minimum absolute atomic E-state index is 0.877. The molecule has 0 aliphatic carbocycles. The summed E-state index contributed by atoms with van der Waals surface area (Å²) in [7, 11) is -0.978. The first-order valence-corrected chi connectivity index (χ1v) is 7.63. The van der Waals surface area contributed by atoms with Crippen LogP contribution >= 0.6 is 15.9 Å². The summed E-state index contributed by atoms with van der Waals surface area (Å²) in [5, 5.41) is 0. The molecular formula is C14H13BrOS. The van der Waals surface area contributed by atoms with Crippen molar-refractivity contribution < 1.29 is 4.21 Å². The lowest BCUT2D eigenvalue weighted by molar-refractivity contribution is 0.687. The van der Waals surface area contributed by atoms with Crippen molar-refractivity contribution in [3.8, 4) is 11.1 Å². The highest BCUT2D eigenvalue weighted by Crippen LogP contribution is 2.31. The maximum atomic E-state index is 11.8. The van der Waals surface area contributed by atoms with Crippen LogP contribution in [0.3, 0.4) is 0 Å². The molecule has 0 aromatic heterocycles. The summed E-state index contributed by atoms with van der Waals surface area (Å²) >= 11 is 3.47. The van der Waals surface area contributed by atoms with Crippen molar-refractivity contribution in [2.75, 3.05) is 6.26 Å². The van der Waals surface area contributed by atoms with Gasteiger partial charge in [0.2, 0.25) is 0 Å². The lowest BCUT2D eigenvalue weighted by Crippen LogP contribution is -1.93. The monoisotopic (exact) mass is 308 g/mol. The molecule has 0 N–H and O–H groups in total. The second-order valence-electron chi connectivity index (χ2n) is 3.91. The minimum atomic E-state index is -0.978. The fraction of sp³-hybridized carbons (Fsp3) is 0.143. The summed E-state index contributed by atoms with van der Waals surface area (Å²) in [4.78, 5) is 0.877. The molecule has 2 rings (SSSR count). The summed E-state index contributed by atoms with van der Waals surface area (Å²) in [5.41, 5.74) is 3.37. The van der Waals surface area contributed by atoms with Crippen molar-refractivity contribution in [2.45, 2.75) is 11.8 Å². The van der Waals surface area contributed by atoms with Gasteiger partial charge in [0, 0.05) is 15.6 Å². The Hall–Kier alpha value is -0.930. The van der Waals surface area contributed by atoms with Gasteiger partial charge in [0.25, 0.3) is 0 Å². The Bertz CT molecular complexity index is 578. The molecule has 0 fully saturated rings. The van der Waals surface area contributed by atoms with Crippen molar-refractivity contribution in [1.29, 1.82) is 0 Å². The van der Waals surface area contributed by atoms with E-state index in [2.05, 4.69) is 35.0 Å². The van der Waals surface area contributed by atoms with E-state index in [1.807, 2.05) is 30.3 Å². The Labute approximate surface area is 112 Å². The molecule has 0 spiro atoms. The van der Waals surface area contributed by atoms with Gasteiger partial charge in [-0.05, 0) is 41.8 Å². The highest BCUT2D eigenvalue weighted by Gasteiger charge is 2.10. The van der Waals surface area contributed by atoms with Crippen molar-refractivity contribution in [3.05, 3.63) is 52.5 Å². The maximum absolute atomic E-state index is 11.8. The Morgan fingerprint density at radius 2 is 1.76 bits per heavy atom. The smallest absolute Gasteiger partial charge is 0.0504 e. The topological polar surface area (TPSA) is 17.1 Å². The van der Waals surface area contributed by atoms with Gasteiger partial charge in [-0.3, -0.25) is 4.21 Å². The number of rotatable bonds is 2. The zero-order valence-corrected chi connectivity index (χ0v) is 12.1. The number of aryl methyl sites for hydroxylation is 1. The third-order valence-corrected chi connectivity index (χ3v) is 4.16. The number of hydrogen-bond donors (Lipinski definition) is 0. The van der Waals surface area contributed by atoms with Gasteiger partial charge in [0.05, 0.1) is 10.8 Å². The van der Waals surface area contributed by atoms with Crippen LogP contribution in [-0.4, -0.2) is 10.5 Å². The lowest BCUT2D eigenvalue weighted by atomic mass is 10.0. The van der Waals surface area contributed by atoms with E-state index in [-0.39, 0.29) is 0 Å². The van der Waals surface area contributed by atoms with Crippen molar-refractivity contribution >= 4 is 26.7 Å². The maximum Gasteiger partial charge on any atom is 0.0504 e. The summed E-state index contributed by atoms with van der Waals surface area (Å²) in [6, 6.07) is 14.0. The van der Waals surface area contributed by atoms with E-state index >= 15 is 0 Å². The van der Waals surface area contributed by atoms with Crippen molar-refractivity contribution in [3.63, 3.8) is 0 Å². The second-order valence-corrected chi connectivity index (χ2v) is 6.17. The van der Waals surface area contributed by atoms with Gasteiger partial charge < -0.3 is 0 Å². The summed E-state index contributed by atoms with van der Waals surface area (Å²) in [6.45, 7) is 2.07. The minimum Gasteiger partial charge on any atom is -0.255 e. The van der Waals surface area contributed by atoms with Crippen LogP contribution in [0.2, 0.25) is 0 Å². The van der Waals surface area contributed by atoms with E-state index in [1.165, 1.54) is 5.56 Å². The molecule has 0 aliphatic rings. The van der Waals surface area contributed by atoms with Crippen molar-refractivity contribution in [2.24, 2.45) is 0 Å². The molecular weight excluding hydrogens is 296 g/mol. The van der Waals surface area contributed by atoms with Gasteiger partial charge in [0.15, 0.2) is 0 Å². The Kier molecular flexibility index (Phi) is 3.79. The summed E-state index contributed by atoms with van der Waals surface area (Å²) < 4.78 is 12.8. The van der Waals surface area contributed by atoms with E-state index in [0.29, 0.717) is 0 Å². The zero-order chi connectivity index (χ0) is 12.4. The molecule has 0 saturated carbocycles. The van der Waals surface area contributed by atoms with Crippen LogP contribution in [0.5, 0.6) is 0 Å². The average molecular weight is 309 g/mol. The molecule has 88 valence electrons. The predicted molar refractivity (Wildman–Crippen MR) is 76.6 cm³/mol. The van der Waals surface area contributed by atoms with Gasteiger partial charge in [-0.2, -0.15) is 0 Å². The van der Waals surface area contributed by atoms with E-state index < -0.39 is 10.8 Å². The number of hydrogen-bond acceptors (Lipinski definition) is 1. The highest BCUT2D eigenvalue weighted by atomic mass is 79.9. The van der Waals surface area contributed by atoms with E-state index in [1.54, 1.807) is 6.26 Å².